The van der Waals surface area contributed by atoms with Crippen LogP contribution in [-0.4, -0.2) is 0 Å². The molecule has 0 atom stereocenters. The standard InChI is InChI=1S/2C8H12.Fe/c2*1-7(2)8-5-3-4-6-8;/h2*3-5,7H,6H2,1-2H3;. The maximum Gasteiger partial charge on any atom is 0 e. The molecule has 2 aliphatic rings. The fourth-order valence-corrected chi connectivity index (χ4v) is 1.78. The zero-order valence-corrected chi connectivity index (χ0v) is 12.5. The Balaban J connectivity index is 0.000000284. The summed E-state index contributed by atoms with van der Waals surface area (Å²) in [4.78, 5) is 0. The first-order valence-corrected chi connectivity index (χ1v) is 6.32. The van der Waals surface area contributed by atoms with Crippen molar-refractivity contribution in [2.45, 2.75) is 40.5 Å². The molecule has 0 aromatic carbocycles. The summed E-state index contributed by atoms with van der Waals surface area (Å²) in [7, 11) is 0. The summed E-state index contributed by atoms with van der Waals surface area (Å²) in [6.07, 6.45) is 15.5. The fraction of sp³-hybridized carbons (Fsp3) is 0.500. The third kappa shape index (κ3) is 6.10. The molecule has 0 saturated heterocycles. The van der Waals surface area contributed by atoms with Gasteiger partial charge in [-0.25, -0.2) is 0 Å². The minimum absolute atomic E-state index is 0. The van der Waals surface area contributed by atoms with Crippen LogP contribution in [-0.2, 0) is 17.1 Å². The fourth-order valence-electron chi connectivity index (χ4n) is 1.78. The number of hydrogen-bond acceptors (Lipinski definition) is 0. The molecule has 0 saturated carbocycles. The van der Waals surface area contributed by atoms with E-state index < -0.39 is 0 Å². The first kappa shape index (κ1) is 16.5. The summed E-state index contributed by atoms with van der Waals surface area (Å²) < 4.78 is 0. The van der Waals surface area contributed by atoms with Gasteiger partial charge in [-0.05, 0) is 24.7 Å². The van der Waals surface area contributed by atoms with Crippen LogP contribution in [0.15, 0.2) is 47.6 Å². The van der Waals surface area contributed by atoms with Gasteiger partial charge in [0.2, 0.25) is 0 Å². The first-order chi connectivity index (χ1) is 7.61. The van der Waals surface area contributed by atoms with Crippen molar-refractivity contribution in [1.82, 2.24) is 0 Å². The van der Waals surface area contributed by atoms with Crippen LogP contribution in [0, 0.1) is 11.8 Å². The van der Waals surface area contributed by atoms with Crippen LogP contribution >= 0.6 is 0 Å². The van der Waals surface area contributed by atoms with Crippen molar-refractivity contribution < 1.29 is 17.1 Å². The van der Waals surface area contributed by atoms with Crippen LogP contribution in [0.5, 0.6) is 0 Å². The molecule has 2 rings (SSSR count). The minimum Gasteiger partial charge on any atom is -0.0805 e. The molecule has 0 aromatic heterocycles. The monoisotopic (exact) mass is 272 g/mol. The zero-order valence-electron chi connectivity index (χ0n) is 11.4. The normalized spacial score (nSPS) is 16.6. The van der Waals surface area contributed by atoms with E-state index in [9.17, 15) is 0 Å². The predicted octanol–water partition coefficient (Wildman–Crippen LogP) is 5.05. The topological polar surface area (TPSA) is 0 Å². The average Bonchev–Trinajstić information content (AvgIpc) is 2.93. The van der Waals surface area contributed by atoms with Crippen molar-refractivity contribution in [3.8, 4) is 0 Å². The predicted molar refractivity (Wildman–Crippen MR) is 73.4 cm³/mol. The van der Waals surface area contributed by atoms with Gasteiger partial charge in [0.1, 0.15) is 0 Å². The number of rotatable bonds is 2. The summed E-state index contributed by atoms with van der Waals surface area (Å²) in [5.41, 5.74) is 3.12. The Kier molecular flexibility index (Phi) is 8.29. The molecule has 0 aliphatic heterocycles. The van der Waals surface area contributed by atoms with Crippen LogP contribution in [0.25, 0.3) is 0 Å². The van der Waals surface area contributed by atoms with Crippen molar-refractivity contribution in [2.75, 3.05) is 0 Å². The third-order valence-corrected chi connectivity index (χ3v) is 3.08. The second-order valence-corrected chi connectivity index (χ2v) is 5.06. The Morgan fingerprint density at radius 2 is 1.12 bits per heavy atom. The second-order valence-electron chi connectivity index (χ2n) is 5.06. The van der Waals surface area contributed by atoms with Crippen molar-refractivity contribution in [3.63, 3.8) is 0 Å². The van der Waals surface area contributed by atoms with Gasteiger partial charge in [0.15, 0.2) is 0 Å². The number of allylic oxidation sites excluding steroid dienone is 8. The van der Waals surface area contributed by atoms with Gasteiger partial charge in [-0.3, -0.25) is 0 Å². The molecule has 0 fully saturated rings. The molecule has 0 radical (unpaired) electrons. The van der Waals surface area contributed by atoms with E-state index in [1.807, 2.05) is 0 Å². The summed E-state index contributed by atoms with van der Waals surface area (Å²) in [6, 6.07) is 0. The molecule has 0 unspecified atom stereocenters. The van der Waals surface area contributed by atoms with Gasteiger partial charge < -0.3 is 0 Å². The molecule has 0 aromatic rings. The van der Waals surface area contributed by atoms with Crippen LogP contribution in [0.3, 0.4) is 0 Å². The smallest absolute Gasteiger partial charge is 0 e. The molecule has 0 amide bonds. The Bertz CT molecular complexity index is 293. The first-order valence-electron chi connectivity index (χ1n) is 6.32. The van der Waals surface area contributed by atoms with Crippen molar-refractivity contribution in [1.29, 1.82) is 0 Å². The van der Waals surface area contributed by atoms with Crippen molar-refractivity contribution in [2.24, 2.45) is 11.8 Å². The molecule has 0 nitrogen and oxygen atoms in total. The van der Waals surface area contributed by atoms with Crippen molar-refractivity contribution in [3.05, 3.63) is 47.6 Å². The van der Waals surface area contributed by atoms with E-state index in [0.29, 0.717) is 0 Å². The molecular formula is C16H24Fe. The largest absolute Gasteiger partial charge is 0.0805 e. The van der Waals surface area contributed by atoms with Gasteiger partial charge in [0.25, 0.3) is 0 Å². The van der Waals surface area contributed by atoms with Crippen LogP contribution in [0.2, 0.25) is 0 Å². The zero-order chi connectivity index (χ0) is 12.0. The summed E-state index contributed by atoms with van der Waals surface area (Å²) >= 11 is 0. The Labute approximate surface area is 117 Å². The Morgan fingerprint density at radius 3 is 1.24 bits per heavy atom. The molecule has 0 spiro atoms. The molecular weight excluding hydrogens is 248 g/mol. The van der Waals surface area contributed by atoms with Crippen LogP contribution in [0.4, 0.5) is 0 Å². The summed E-state index contributed by atoms with van der Waals surface area (Å²) in [5, 5.41) is 0. The minimum atomic E-state index is 0. The summed E-state index contributed by atoms with van der Waals surface area (Å²) in [5.74, 6) is 1.48. The van der Waals surface area contributed by atoms with Gasteiger partial charge in [-0.15, -0.1) is 0 Å². The third-order valence-electron chi connectivity index (χ3n) is 3.08. The summed E-state index contributed by atoms with van der Waals surface area (Å²) in [6.45, 7) is 8.94. The van der Waals surface area contributed by atoms with Gasteiger partial charge in [0.05, 0.1) is 0 Å². The van der Waals surface area contributed by atoms with Crippen LogP contribution in [0.1, 0.15) is 40.5 Å². The van der Waals surface area contributed by atoms with E-state index in [-0.39, 0.29) is 17.1 Å². The quantitative estimate of drug-likeness (QED) is 0.617. The Hall–Kier alpha value is -0.521. The van der Waals surface area contributed by atoms with Gasteiger partial charge >= 0.3 is 0 Å². The Morgan fingerprint density at radius 1 is 0.765 bits per heavy atom. The van der Waals surface area contributed by atoms with E-state index in [0.717, 1.165) is 11.8 Å². The van der Waals surface area contributed by atoms with E-state index in [2.05, 4.69) is 64.2 Å². The van der Waals surface area contributed by atoms with E-state index in [1.54, 1.807) is 11.1 Å². The SMILES string of the molecule is CC(C)C1=CC=CC1.CC(C)C1=CC=CC1.[Fe]. The average molecular weight is 272 g/mol. The molecule has 2 aliphatic carbocycles. The second kappa shape index (κ2) is 8.55. The van der Waals surface area contributed by atoms with E-state index in [4.69, 9.17) is 0 Å². The maximum absolute atomic E-state index is 2.23. The van der Waals surface area contributed by atoms with E-state index >= 15 is 0 Å². The molecule has 17 heavy (non-hydrogen) atoms. The van der Waals surface area contributed by atoms with Crippen molar-refractivity contribution >= 4 is 0 Å². The molecule has 0 N–H and O–H groups in total. The van der Waals surface area contributed by atoms with Gasteiger partial charge in [0, 0.05) is 17.1 Å². The van der Waals surface area contributed by atoms with Gasteiger partial charge in [-0.2, -0.15) is 0 Å². The molecule has 0 heterocycles. The maximum atomic E-state index is 2.23. The van der Waals surface area contributed by atoms with Gasteiger partial charge in [-0.1, -0.05) is 75.3 Å². The number of hydrogen-bond donors (Lipinski definition) is 0. The molecule has 1 heteroatoms. The molecule has 96 valence electrons. The van der Waals surface area contributed by atoms with Crippen LogP contribution < -0.4 is 0 Å². The van der Waals surface area contributed by atoms with E-state index in [1.165, 1.54) is 12.8 Å². The molecule has 0 bridgehead atoms.